The minimum absolute atomic E-state index is 0.250. The smallest absolute Gasteiger partial charge is 0.211 e. The Morgan fingerprint density at radius 1 is 1.67 bits per heavy atom. The molecule has 0 unspecified atom stereocenters. The number of nitrogens with zero attached hydrogens (tertiary/aromatic N) is 1. The Kier molecular flexibility index (Phi) is 3.75. The van der Waals surface area contributed by atoms with Crippen molar-refractivity contribution in [2.24, 2.45) is 10.9 Å². The first kappa shape index (κ1) is 9.21. The van der Waals surface area contributed by atoms with E-state index in [2.05, 4.69) is 24.1 Å². The van der Waals surface area contributed by atoms with Crippen molar-refractivity contribution in [2.75, 3.05) is 0 Å². The molecular weight excluding hydrogens is 150 g/mol. The molecule has 0 aromatic heterocycles. The molecule has 1 rings (SSSR count). The second-order valence-electron chi connectivity index (χ2n) is 3.26. The molecule has 0 radical (unpaired) electrons. The molecule has 0 aromatic carbocycles. The molecule has 0 bridgehead atoms. The summed E-state index contributed by atoms with van der Waals surface area (Å²) < 4.78 is 0. The second kappa shape index (κ2) is 4.89. The number of allylic oxidation sites excluding steroid dienone is 1. The zero-order valence-electron chi connectivity index (χ0n) is 7.49. The Morgan fingerprint density at radius 3 is 3.17 bits per heavy atom. The number of carbonyl (C=O) groups excluding carboxylic acids is 1. The summed E-state index contributed by atoms with van der Waals surface area (Å²) in [6, 6.07) is 0.250. The number of rotatable bonds is 5. The van der Waals surface area contributed by atoms with Gasteiger partial charge in [0.2, 0.25) is 6.08 Å². The van der Waals surface area contributed by atoms with Gasteiger partial charge in [0, 0.05) is 5.92 Å². The van der Waals surface area contributed by atoms with E-state index in [1.165, 1.54) is 12.8 Å². The van der Waals surface area contributed by atoms with Gasteiger partial charge in [0.05, 0.1) is 6.04 Å². The van der Waals surface area contributed by atoms with E-state index >= 15 is 0 Å². The van der Waals surface area contributed by atoms with Crippen molar-refractivity contribution in [1.82, 2.24) is 0 Å². The van der Waals surface area contributed by atoms with Gasteiger partial charge >= 0.3 is 0 Å². The molecule has 2 nitrogen and oxygen atoms in total. The van der Waals surface area contributed by atoms with E-state index in [0.29, 0.717) is 5.92 Å². The molecule has 1 aliphatic rings. The van der Waals surface area contributed by atoms with Gasteiger partial charge in [-0.1, -0.05) is 31.9 Å². The molecule has 2 heteroatoms. The van der Waals surface area contributed by atoms with Gasteiger partial charge in [-0.2, -0.15) is 0 Å². The average molecular weight is 165 g/mol. The third-order valence-electron chi connectivity index (χ3n) is 2.13. The topological polar surface area (TPSA) is 29.4 Å². The standard InChI is InChI=1S/C10H15NO/c1-2-3-4-5-6-9-7-10(9)11-8-12/h5-6,9-10H,2-4,7H2,1H3/b6-5-/t9-,10+/m1/s1. The lowest BCUT2D eigenvalue weighted by Crippen LogP contribution is -1.78. The Morgan fingerprint density at radius 2 is 2.50 bits per heavy atom. The van der Waals surface area contributed by atoms with Crippen LogP contribution in [0.5, 0.6) is 0 Å². The van der Waals surface area contributed by atoms with E-state index in [1.807, 2.05) is 0 Å². The number of isocyanates is 1. The maximum atomic E-state index is 9.86. The largest absolute Gasteiger partial charge is 0.235 e. The molecule has 1 saturated carbocycles. The van der Waals surface area contributed by atoms with Crippen molar-refractivity contribution in [3.63, 3.8) is 0 Å². The van der Waals surface area contributed by atoms with Gasteiger partial charge in [-0.25, -0.2) is 9.79 Å². The monoisotopic (exact) mass is 165 g/mol. The van der Waals surface area contributed by atoms with Gasteiger partial charge < -0.3 is 0 Å². The van der Waals surface area contributed by atoms with Crippen molar-refractivity contribution in [1.29, 1.82) is 0 Å². The molecule has 2 atom stereocenters. The van der Waals surface area contributed by atoms with Crippen molar-refractivity contribution >= 4 is 6.08 Å². The second-order valence-corrected chi connectivity index (χ2v) is 3.26. The summed E-state index contributed by atoms with van der Waals surface area (Å²) in [6.45, 7) is 2.18. The van der Waals surface area contributed by atoms with Crippen LogP contribution in [0.3, 0.4) is 0 Å². The summed E-state index contributed by atoms with van der Waals surface area (Å²) in [4.78, 5) is 13.5. The first-order valence-electron chi connectivity index (χ1n) is 4.62. The van der Waals surface area contributed by atoms with E-state index < -0.39 is 0 Å². The fourth-order valence-electron chi connectivity index (χ4n) is 1.22. The van der Waals surface area contributed by atoms with E-state index in [9.17, 15) is 4.79 Å². The molecule has 12 heavy (non-hydrogen) atoms. The van der Waals surface area contributed by atoms with Crippen LogP contribution in [-0.2, 0) is 4.79 Å². The lowest BCUT2D eigenvalue weighted by atomic mass is 10.2. The van der Waals surface area contributed by atoms with Crippen LogP contribution in [0.15, 0.2) is 17.1 Å². The van der Waals surface area contributed by atoms with Crippen LogP contribution in [0, 0.1) is 5.92 Å². The first-order chi connectivity index (χ1) is 5.88. The van der Waals surface area contributed by atoms with E-state index in [1.54, 1.807) is 6.08 Å². The number of hydrogen-bond donors (Lipinski definition) is 0. The van der Waals surface area contributed by atoms with E-state index in [4.69, 9.17) is 0 Å². The highest BCUT2D eigenvalue weighted by molar-refractivity contribution is 5.35. The molecular formula is C10H15NO. The van der Waals surface area contributed by atoms with E-state index in [-0.39, 0.29) is 6.04 Å². The molecule has 0 aromatic rings. The number of unbranched alkanes of at least 4 members (excludes halogenated alkanes) is 2. The fraction of sp³-hybridized carbons (Fsp3) is 0.700. The molecule has 0 amide bonds. The molecule has 0 heterocycles. The van der Waals surface area contributed by atoms with Crippen LogP contribution in [0.1, 0.15) is 32.6 Å². The SMILES string of the molecule is CCCC/C=C\[C@@H]1C[C@@H]1N=C=O. The average Bonchev–Trinajstić information content (AvgIpc) is 2.79. The number of hydrogen-bond acceptors (Lipinski definition) is 2. The predicted octanol–water partition coefficient (Wildman–Crippen LogP) is 2.46. The summed E-state index contributed by atoms with van der Waals surface area (Å²) in [7, 11) is 0. The Bertz CT molecular complexity index is 204. The van der Waals surface area contributed by atoms with Gasteiger partial charge in [0.1, 0.15) is 0 Å². The zero-order chi connectivity index (χ0) is 8.81. The van der Waals surface area contributed by atoms with Crippen molar-refractivity contribution in [3.05, 3.63) is 12.2 Å². The van der Waals surface area contributed by atoms with Crippen molar-refractivity contribution < 1.29 is 4.79 Å². The lowest BCUT2D eigenvalue weighted by Gasteiger charge is -1.87. The maximum absolute atomic E-state index is 9.86. The third-order valence-corrected chi connectivity index (χ3v) is 2.13. The summed E-state index contributed by atoms with van der Waals surface area (Å²) >= 11 is 0. The predicted molar refractivity (Wildman–Crippen MR) is 48.7 cm³/mol. The van der Waals surface area contributed by atoms with Gasteiger partial charge in [-0.3, -0.25) is 0 Å². The summed E-state index contributed by atoms with van der Waals surface area (Å²) in [5.41, 5.74) is 0. The zero-order valence-corrected chi connectivity index (χ0v) is 7.49. The molecule has 1 fully saturated rings. The van der Waals surface area contributed by atoms with Crippen molar-refractivity contribution in [3.8, 4) is 0 Å². The summed E-state index contributed by atoms with van der Waals surface area (Å²) in [5.74, 6) is 0.531. The Hall–Kier alpha value is -0.880. The quantitative estimate of drug-likeness (QED) is 0.266. The Labute approximate surface area is 73.4 Å². The van der Waals surface area contributed by atoms with Gasteiger partial charge in [0.15, 0.2) is 0 Å². The van der Waals surface area contributed by atoms with Crippen molar-refractivity contribution in [2.45, 2.75) is 38.6 Å². The van der Waals surface area contributed by atoms with Crippen LogP contribution in [0.2, 0.25) is 0 Å². The highest BCUT2D eigenvalue weighted by Crippen LogP contribution is 2.34. The van der Waals surface area contributed by atoms with Gasteiger partial charge in [-0.05, 0) is 12.8 Å². The third kappa shape index (κ3) is 3.02. The highest BCUT2D eigenvalue weighted by atomic mass is 16.1. The Balaban J connectivity index is 2.09. The number of aliphatic imine (C=N–C) groups is 1. The van der Waals surface area contributed by atoms with E-state index in [0.717, 1.165) is 12.8 Å². The summed E-state index contributed by atoms with van der Waals surface area (Å²) in [6.07, 6.45) is 10.7. The van der Waals surface area contributed by atoms with Crippen LogP contribution < -0.4 is 0 Å². The molecule has 1 aliphatic carbocycles. The maximum Gasteiger partial charge on any atom is 0.235 e. The fourth-order valence-corrected chi connectivity index (χ4v) is 1.22. The molecule has 66 valence electrons. The van der Waals surface area contributed by atoms with Crippen LogP contribution in [-0.4, -0.2) is 12.1 Å². The normalized spacial score (nSPS) is 27.1. The summed E-state index contributed by atoms with van der Waals surface area (Å²) in [5, 5.41) is 0. The molecule has 0 N–H and O–H groups in total. The molecule has 0 saturated heterocycles. The molecule has 0 spiro atoms. The minimum Gasteiger partial charge on any atom is -0.211 e. The molecule has 0 aliphatic heterocycles. The van der Waals surface area contributed by atoms with Gasteiger partial charge in [0.25, 0.3) is 0 Å². The van der Waals surface area contributed by atoms with Crippen LogP contribution in [0.4, 0.5) is 0 Å². The van der Waals surface area contributed by atoms with Crippen LogP contribution >= 0.6 is 0 Å². The van der Waals surface area contributed by atoms with Crippen LogP contribution in [0.25, 0.3) is 0 Å². The highest BCUT2D eigenvalue weighted by Gasteiger charge is 2.34. The first-order valence-corrected chi connectivity index (χ1v) is 4.62. The minimum atomic E-state index is 0.250. The van der Waals surface area contributed by atoms with Gasteiger partial charge in [-0.15, -0.1) is 0 Å². The lowest BCUT2D eigenvalue weighted by molar-refractivity contribution is 0.562.